The number of carbonyl (C=O) groups excluding carboxylic acids is 4. The van der Waals surface area contributed by atoms with Gasteiger partial charge in [-0.05, 0) is 12.5 Å². The highest BCUT2D eigenvalue weighted by molar-refractivity contribution is 5.67. The van der Waals surface area contributed by atoms with Gasteiger partial charge in [0, 0.05) is 32.6 Å². The maximum absolute atomic E-state index is 11.4. The third-order valence-corrected chi connectivity index (χ3v) is 2.89. The molecule has 0 bridgehead atoms. The van der Waals surface area contributed by atoms with Gasteiger partial charge in [0.15, 0.2) is 0 Å². The van der Waals surface area contributed by atoms with E-state index in [1.807, 2.05) is 0 Å². The van der Waals surface area contributed by atoms with E-state index >= 15 is 0 Å². The van der Waals surface area contributed by atoms with Crippen LogP contribution in [0.2, 0.25) is 0 Å². The maximum Gasteiger partial charge on any atom is 0.304 e. The van der Waals surface area contributed by atoms with Crippen LogP contribution in [0, 0.1) is 0 Å². The lowest BCUT2D eigenvalue weighted by Crippen LogP contribution is -2.44. The summed E-state index contributed by atoms with van der Waals surface area (Å²) in [5, 5.41) is 3.40. The van der Waals surface area contributed by atoms with Crippen molar-refractivity contribution in [2.45, 2.75) is 59.2 Å². The number of rotatable bonds is 11. The molecule has 0 spiro atoms. The van der Waals surface area contributed by atoms with E-state index in [4.69, 9.17) is 29.2 Å². The lowest BCUT2D eigenvalue weighted by Gasteiger charge is -2.30. The van der Waals surface area contributed by atoms with Crippen molar-refractivity contribution in [1.29, 1.82) is 0 Å². The normalized spacial score (nSPS) is 14.6. The molecule has 0 saturated heterocycles. The minimum absolute atomic E-state index is 0.335. The summed E-state index contributed by atoms with van der Waals surface area (Å²) >= 11 is 0. The molecule has 152 valence electrons. The second-order valence-electron chi connectivity index (χ2n) is 5.34. The van der Waals surface area contributed by atoms with Crippen LogP contribution in [0.5, 0.6) is 0 Å². The van der Waals surface area contributed by atoms with Gasteiger partial charge in [-0.3, -0.25) is 19.2 Å². The van der Waals surface area contributed by atoms with Gasteiger partial charge in [0.05, 0.1) is 0 Å². The van der Waals surface area contributed by atoms with Crippen LogP contribution in [0.1, 0.15) is 34.6 Å². The van der Waals surface area contributed by atoms with Gasteiger partial charge in [0.1, 0.15) is 31.5 Å². The molecule has 2 unspecified atom stereocenters. The van der Waals surface area contributed by atoms with Crippen molar-refractivity contribution in [3.8, 4) is 0 Å². The van der Waals surface area contributed by atoms with Gasteiger partial charge < -0.3 is 23.7 Å². The van der Waals surface area contributed by atoms with Crippen LogP contribution in [0.3, 0.4) is 0 Å². The molecule has 0 aliphatic carbocycles. The van der Waals surface area contributed by atoms with E-state index in [2.05, 4.69) is 10.0 Å². The van der Waals surface area contributed by atoms with Crippen LogP contribution in [-0.2, 0) is 42.9 Å². The minimum atomic E-state index is -1.49. The SMILES string of the molecule is CC(=O)OCC(OC(OC(C)=O)[C@H](COC(C)=O)N=[N+]=[N-])[C@@H](C)OC(C)=O. The van der Waals surface area contributed by atoms with E-state index in [1.54, 1.807) is 0 Å². The summed E-state index contributed by atoms with van der Waals surface area (Å²) in [4.78, 5) is 47.2. The predicted octanol–water partition coefficient (Wildman–Crippen LogP) is 1.02. The molecule has 0 saturated carbocycles. The number of nitrogens with zero attached hydrogens (tertiary/aromatic N) is 3. The second-order valence-corrected chi connectivity index (χ2v) is 5.34. The lowest BCUT2D eigenvalue weighted by atomic mass is 10.2. The second kappa shape index (κ2) is 12.5. The van der Waals surface area contributed by atoms with Crippen LogP contribution in [-0.4, -0.2) is 61.6 Å². The van der Waals surface area contributed by atoms with Crippen molar-refractivity contribution >= 4 is 23.9 Å². The molecular formula is C15H23N3O9. The van der Waals surface area contributed by atoms with Gasteiger partial charge in [-0.1, -0.05) is 5.11 Å². The molecular weight excluding hydrogens is 366 g/mol. The zero-order valence-electron chi connectivity index (χ0n) is 15.7. The molecule has 0 amide bonds. The average Bonchev–Trinajstić information content (AvgIpc) is 2.52. The standard InChI is InChI=1S/C15H23N3O9/c1-8(25-11(4)21)14(7-24-10(3)20)27-15(26-12(5)22)13(17-18-16)6-23-9(2)19/h8,13-15H,6-7H2,1-5H3/t8-,13+,14?,15?/m1/s1. The largest absolute Gasteiger partial charge is 0.465 e. The summed E-state index contributed by atoms with van der Waals surface area (Å²) < 4.78 is 25.2. The van der Waals surface area contributed by atoms with Crippen molar-refractivity contribution in [3.63, 3.8) is 0 Å². The zero-order valence-corrected chi connectivity index (χ0v) is 15.7. The fraction of sp³-hybridized carbons (Fsp3) is 0.733. The molecule has 0 heterocycles. The van der Waals surface area contributed by atoms with Crippen molar-refractivity contribution < 1.29 is 42.9 Å². The highest BCUT2D eigenvalue weighted by Crippen LogP contribution is 2.15. The monoisotopic (exact) mass is 389 g/mol. The molecule has 0 N–H and O–H groups in total. The third-order valence-electron chi connectivity index (χ3n) is 2.89. The van der Waals surface area contributed by atoms with Crippen molar-refractivity contribution in [2.75, 3.05) is 13.2 Å². The van der Waals surface area contributed by atoms with Crippen LogP contribution in [0.4, 0.5) is 0 Å². The highest BCUT2D eigenvalue weighted by atomic mass is 16.7. The zero-order chi connectivity index (χ0) is 21.0. The number of ether oxygens (including phenoxy) is 5. The molecule has 0 fully saturated rings. The van der Waals surface area contributed by atoms with E-state index in [9.17, 15) is 19.2 Å². The summed E-state index contributed by atoms with van der Waals surface area (Å²) in [6.07, 6.45) is -3.45. The Bertz CT molecular complexity index is 589. The first-order valence-corrected chi connectivity index (χ1v) is 7.87. The smallest absolute Gasteiger partial charge is 0.304 e. The molecule has 0 aliphatic heterocycles. The quantitative estimate of drug-likeness (QED) is 0.125. The Kier molecular flexibility index (Phi) is 11.2. The summed E-state index contributed by atoms with van der Waals surface area (Å²) in [6, 6.07) is -1.23. The molecule has 0 aromatic carbocycles. The topological polar surface area (TPSA) is 163 Å². The fourth-order valence-corrected chi connectivity index (χ4v) is 1.79. The van der Waals surface area contributed by atoms with Gasteiger partial charge >= 0.3 is 23.9 Å². The summed E-state index contributed by atoms with van der Waals surface area (Å²) in [5.41, 5.74) is 8.71. The number of esters is 4. The Morgan fingerprint density at radius 1 is 0.889 bits per heavy atom. The molecule has 0 radical (unpaired) electrons. The first-order chi connectivity index (χ1) is 12.6. The van der Waals surface area contributed by atoms with Crippen molar-refractivity contribution in [1.82, 2.24) is 0 Å². The number of hydrogen-bond donors (Lipinski definition) is 0. The Balaban J connectivity index is 5.49. The van der Waals surface area contributed by atoms with Crippen LogP contribution in [0.15, 0.2) is 5.11 Å². The van der Waals surface area contributed by atoms with Gasteiger partial charge in [0.25, 0.3) is 0 Å². The van der Waals surface area contributed by atoms with E-state index in [-0.39, 0.29) is 6.61 Å². The van der Waals surface area contributed by atoms with Crippen LogP contribution in [0.25, 0.3) is 10.4 Å². The molecule has 4 atom stereocenters. The average molecular weight is 389 g/mol. The molecule has 27 heavy (non-hydrogen) atoms. The first kappa shape index (κ1) is 24.1. The van der Waals surface area contributed by atoms with Gasteiger partial charge in [-0.15, -0.1) is 0 Å². The summed E-state index contributed by atoms with van der Waals surface area (Å²) in [5.74, 6) is -2.66. The molecule has 0 aromatic rings. The van der Waals surface area contributed by atoms with Gasteiger partial charge in [0.2, 0.25) is 6.29 Å². The van der Waals surface area contributed by atoms with Crippen LogP contribution >= 0.6 is 0 Å². The number of azide groups is 1. The van der Waals surface area contributed by atoms with E-state index in [1.165, 1.54) is 20.8 Å². The molecule has 0 aliphatic rings. The Morgan fingerprint density at radius 3 is 1.85 bits per heavy atom. The van der Waals surface area contributed by atoms with E-state index < -0.39 is 55.0 Å². The predicted molar refractivity (Wildman–Crippen MR) is 87.9 cm³/mol. The summed E-state index contributed by atoms with van der Waals surface area (Å²) in [7, 11) is 0. The van der Waals surface area contributed by atoms with Gasteiger partial charge in [-0.25, -0.2) is 0 Å². The Hall–Kier alpha value is -2.85. The van der Waals surface area contributed by atoms with Crippen molar-refractivity contribution in [2.24, 2.45) is 5.11 Å². The summed E-state index contributed by atoms with van der Waals surface area (Å²) in [6.45, 7) is 5.27. The van der Waals surface area contributed by atoms with E-state index in [0.29, 0.717) is 0 Å². The fourth-order valence-electron chi connectivity index (χ4n) is 1.79. The minimum Gasteiger partial charge on any atom is -0.465 e. The van der Waals surface area contributed by atoms with Crippen LogP contribution < -0.4 is 0 Å². The highest BCUT2D eigenvalue weighted by Gasteiger charge is 2.32. The lowest BCUT2D eigenvalue weighted by molar-refractivity contribution is -0.219. The maximum atomic E-state index is 11.4. The molecule has 0 rings (SSSR count). The number of hydrogen-bond acceptors (Lipinski definition) is 10. The molecule has 0 aromatic heterocycles. The van der Waals surface area contributed by atoms with Gasteiger partial charge in [-0.2, -0.15) is 0 Å². The molecule has 12 nitrogen and oxygen atoms in total. The Labute approximate surface area is 155 Å². The first-order valence-electron chi connectivity index (χ1n) is 7.87. The molecule has 12 heteroatoms. The number of carbonyl (C=O) groups is 4. The third kappa shape index (κ3) is 11.4. The Morgan fingerprint density at radius 2 is 1.41 bits per heavy atom. The van der Waals surface area contributed by atoms with Crippen molar-refractivity contribution in [3.05, 3.63) is 10.4 Å². The van der Waals surface area contributed by atoms with E-state index in [0.717, 1.165) is 13.8 Å².